The molecular weight excluding hydrogens is 222 g/mol. The van der Waals surface area contributed by atoms with Crippen LogP contribution in [-0.4, -0.2) is 37.5 Å². The van der Waals surface area contributed by atoms with E-state index in [1.165, 1.54) is 11.1 Å². The molecule has 0 bridgehead atoms. The SMILES string of the molecule is Cc1ccccc1C(C)(C)CNC1=NCCN1C. The molecule has 0 radical (unpaired) electrons. The van der Waals surface area contributed by atoms with Crippen LogP contribution >= 0.6 is 0 Å². The maximum atomic E-state index is 4.47. The summed E-state index contributed by atoms with van der Waals surface area (Å²) in [5.41, 5.74) is 2.86. The number of nitrogens with one attached hydrogen (secondary N) is 1. The van der Waals surface area contributed by atoms with E-state index in [-0.39, 0.29) is 5.41 Å². The van der Waals surface area contributed by atoms with E-state index in [0.717, 1.165) is 25.6 Å². The van der Waals surface area contributed by atoms with Crippen LogP contribution in [0.2, 0.25) is 0 Å². The summed E-state index contributed by atoms with van der Waals surface area (Å²) >= 11 is 0. The van der Waals surface area contributed by atoms with Crippen molar-refractivity contribution in [1.29, 1.82) is 0 Å². The van der Waals surface area contributed by atoms with Gasteiger partial charge in [-0.2, -0.15) is 0 Å². The van der Waals surface area contributed by atoms with Gasteiger partial charge in [-0.1, -0.05) is 38.1 Å². The van der Waals surface area contributed by atoms with E-state index in [4.69, 9.17) is 0 Å². The lowest BCUT2D eigenvalue weighted by Gasteiger charge is -2.29. The number of hydrogen-bond donors (Lipinski definition) is 1. The summed E-state index contributed by atoms with van der Waals surface area (Å²) in [4.78, 5) is 6.64. The molecule has 1 heterocycles. The summed E-state index contributed by atoms with van der Waals surface area (Å²) in [5, 5.41) is 3.47. The van der Waals surface area contributed by atoms with E-state index in [1.807, 2.05) is 0 Å². The monoisotopic (exact) mass is 245 g/mol. The number of hydrogen-bond acceptors (Lipinski definition) is 3. The summed E-state index contributed by atoms with van der Waals surface area (Å²) in [5.74, 6) is 1.02. The standard InChI is InChI=1S/C15H23N3/c1-12-7-5-6-8-13(12)15(2,3)11-17-14-16-9-10-18(14)4/h5-8H,9-11H2,1-4H3,(H,16,17). The molecule has 0 spiro atoms. The van der Waals surface area contributed by atoms with Crippen molar-refractivity contribution < 1.29 is 0 Å². The smallest absolute Gasteiger partial charge is 0.193 e. The minimum absolute atomic E-state index is 0.108. The minimum atomic E-state index is 0.108. The first-order valence-corrected chi connectivity index (χ1v) is 6.56. The highest BCUT2D eigenvalue weighted by molar-refractivity contribution is 5.81. The maximum Gasteiger partial charge on any atom is 0.193 e. The lowest BCUT2D eigenvalue weighted by atomic mass is 9.82. The molecule has 0 fully saturated rings. The molecule has 18 heavy (non-hydrogen) atoms. The summed E-state index contributed by atoms with van der Waals surface area (Å²) < 4.78 is 0. The zero-order chi connectivity index (χ0) is 13.2. The Labute approximate surface area is 110 Å². The fourth-order valence-electron chi connectivity index (χ4n) is 2.45. The van der Waals surface area contributed by atoms with Crippen LogP contribution in [0.25, 0.3) is 0 Å². The van der Waals surface area contributed by atoms with Crippen molar-refractivity contribution in [3.8, 4) is 0 Å². The van der Waals surface area contributed by atoms with Crippen LogP contribution in [-0.2, 0) is 5.41 Å². The molecule has 0 aliphatic carbocycles. The Kier molecular flexibility index (Phi) is 3.60. The normalized spacial score (nSPS) is 15.8. The third-order valence-electron chi connectivity index (χ3n) is 3.62. The van der Waals surface area contributed by atoms with Crippen molar-refractivity contribution in [2.75, 3.05) is 26.7 Å². The molecule has 0 aromatic heterocycles. The van der Waals surface area contributed by atoms with Gasteiger partial charge in [-0.05, 0) is 18.1 Å². The average molecular weight is 245 g/mol. The number of benzene rings is 1. The van der Waals surface area contributed by atoms with E-state index in [0.29, 0.717) is 0 Å². The fourth-order valence-corrected chi connectivity index (χ4v) is 2.45. The van der Waals surface area contributed by atoms with Crippen LogP contribution in [0.4, 0.5) is 0 Å². The molecule has 1 aliphatic heterocycles. The van der Waals surface area contributed by atoms with Gasteiger partial charge in [-0.15, -0.1) is 0 Å². The molecule has 0 unspecified atom stereocenters. The van der Waals surface area contributed by atoms with Gasteiger partial charge in [0, 0.05) is 25.6 Å². The van der Waals surface area contributed by atoms with Crippen LogP contribution in [0.5, 0.6) is 0 Å². The van der Waals surface area contributed by atoms with Gasteiger partial charge in [0.2, 0.25) is 0 Å². The first-order chi connectivity index (χ1) is 8.50. The second-order valence-corrected chi connectivity index (χ2v) is 5.68. The molecule has 2 rings (SSSR count). The third-order valence-corrected chi connectivity index (χ3v) is 3.62. The van der Waals surface area contributed by atoms with E-state index < -0.39 is 0 Å². The number of aryl methyl sites for hydroxylation is 1. The Balaban J connectivity index is 2.06. The van der Waals surface area contributed by atoms with Crippen molar-refractivity contribution in [3.63, 3.8) is 0 Å². The molecule has 3 nitrogen and oxygen atoms in total. The third kappa shape index (κ3) is 2.66. The highest BCUT2D eigenvalue weighted by atomic mass is 15.3. The van der Waals surface area contributed by atoms with Gasteiger partial charge in [0.05, 0.1) is 6.54 Å². The number of nitrogens with zero attached hydrogens (tertiary/aromatic N) is 2. The summed E-state index contributed by atoms with van der Waals surface area (Å²) in [6, 6.07) is 8.61. The lowest BCUT2D eigenvalue weighted by Crippen LogP contribution is -2.42. The van der Waals surface area contributed by atoms with Gasteiger partial charge in [-0.25, -0.2) is 0 Å². The minimum Gasteiger partial charge on any atom is -0.355 e. The first kappa shape index (κ1) is 12.9. The van der Waals surface area contributed by atoms with Gasteiger partial charge < -0.3 is 10.2 Å². The molecule has 0 amide bonds. The molecule has 1 aromatic carbocycles. The Hall–Kier alpha value is -1.51. The molecule has 1 N–H and O–H groups in total. The van der Waals surface area contributed by atoms with E-state index in [1.54, 1.807) is 0 Å². The quantitative estimate of drug-likeness (QED) is 0.883. The van der Waals surface area contributed by atoms with Crippen molar-refractivity contribution in [3.05, 3.63) is 35.4 Å². The van der Waals surface area contributed by atoms with Gasteiger partial charge >= 0.3 is 0 Å². The van der Waals surface area contributed by atoms with Crippen molar-refractivity contribution in [2.45, 2.75) is 26.2 Å². The first-order valence-electron chi connectivity index (χ1n) is 6.56. The zero-order valence-electron chi connectivity index (χ0n) is 11.8. The predicted molar refractivity (Wildman–Crippen MR) is 77.1 cm³/mol. The second kappa shape index (κ2) is 5.01. The van der Waals surface area contributed by atoms with Crippen LogP contribution in [0, 0.1) is 6.92 Å². The Bertz CT molecular complexity index is 449. The number of likely N-dealkylation sites (N-methyl/N-ethyl adjacent to an activating group) is 1. The average Bonchev–Trinajstić information content (AvgIpc) is 2.73. The zero-order valence-corrected chi connectivity index (χ0v) is 11.8. The van der Waals surface area contributed by atoms with Gasteiger partial charge in [-0.3, -0.25) is 4.99 Å². The number of guanidine groups is 1. The largest absolute Gasteiger partial charge is 0.355 e. The molecule has 1 aliphatic rings. The molecule has 0 atom stereocenters. The summed E-state index contributed by atoms with van der Waals surface area (Å²) in [7, 11) is 2.08. The van der Waals surface area contributed by atoms with Crippen LogP contribution < -0.4 is 5.32 Å². The lowest BCUT2D eigenvalue weighted by molar-refractivity contribution is 0.479. The highest BCUT2D eigenvalue weighted by Gasteiger charge is 2.23. The van der Waals surface area contributed by atoms with E-state index in [2.05, 4.69) is 67.3 Å². The highest BCUT2D eigenvalue weighted by Crippen LogP contribution is 2.25. The molecule has 98 valence electrons. The van der Waals surface area contributed by atoms with Crippen LogP contribution in [0.3, 0.4) is 0 Å². The number of aliphatic imine (C=N–C) groups is 1. The summed E-state index contributed by atoms with van der Waals surface area (Å²) in [6.07, 6.45) is 0. The topological polar surface area (TPSA) is 27.6 Å². The molecular formula is C15H23N3. The van der Waals surface area contributed by atoms with E-state index in [9.17, 15) is 0 Å². The van der Waals surface area contributed by atoms with Gasteiger partial charge in [0.1, 0.15) is 0 Å². The van der Waals surface area contributed by atoms with Crippen molar-refractivity contribution >= 4 is 5.96 Å². The Morgan fingerprint density at radius 1 is 1.33 bits per heavy atom. The molecule has 0 saturated carbocycles. The van der Waals surface area contributed by atoms with E-state index >= 15 is 0 Å². The second-order valence-electron chi connectivity index (χ2n) is 5.68. The Morgan fingerprint density at radius 2 is 2.06 bits per heavy atom. The summed E-state index contributed by atoms with van der Waals surface area (Å²) in [6.45, 7) is 9.56. The molecule has 0 saturated heterocycles. The maximum absolute atomic E-state index is 4.47. The van der Waals surface area contributed by atoms with Gasteiger partial charge in [0.25, 0.3) is 0 Å². The fraction of sp³-hybridized carbons (Fsp3) is 0.533. The van der Waals surface area contributed by atoms with Gasteiger partial charge in [0.15, 0.2) is 5.96 Å². The Morgan fingerprint density at radius 3 is 2.67 bits per heavy atom. The van der Waals surface area contributed by atoms with Crippen molar-refractivity contribution in [2.24, 2.45) is 4.99 Å². The van der Waals surface area contributed by atoms with Crippen LogP contribution in [0.15, 0.2) is 29.3 Å². The molecule has 1 aromatic rings. The number of rotatable bonds is 3. The predicted octanol–water partition coefficient (Wildman–Crippen LogP) is 2.16. The van der Waals surface area contributed by atoms with Crippen molar-refractivity contribution in [1.82, 2.24) is 10.2 Å². The van der Waals surface area contributed by atoms with Crippen LogP contribution in [0.1, 0.15) is 25.0 Å². The molecule has 3 heteroatoms.